The number of benzene rings is 1. The van der Waals surface area contributed by atoms with Crippen molar-refractivity contribution in [1.29, 1.82) is 0 Å². The van der Waals surface area contributed by atoms with E-state index in [0.29, 0.717) is 17.2 Å². The van der Waals surface area contributed by atoms with Gasteiger partial charge >= 0.3 is 6.18 Å². The first-order valence-electron chi connectivity index (χ1n) is 7.02. The topological polar surface area (TPSA) is 74.6 Å². The summed E-state index contributed by atoms with van der Waals surface area (Å²) in [6.07, 6.45) is -1.76. The lowest BCUT2D eigenvalue weighted by molar-refractivity contribution is -0.182. The molecule has 2 rings (SSSR count). The Morgan fingerprint density at radius 2 is 2.04 bits per heavy atom. The third-order valence-corrected chi connectivity index (χ3v) is 3.03. The minimum atomic E-state index is -4.41. The summed E-state index contributed by atoms with van der Waals surface area (Å²) in [6.45, 7) is -1.77. The third kappa shape index (κ3) is 5.38. The monoisotopic (exact) mass is 359 g/mol. The van der Waals surface area contributed by atoms with Crippen LogP contribution in [0.4, 0.5) is 18.9 Å². The van der Waals surface area contributed by atoms with Crippen LogP contribution in [0.1, 0.15) is 10.4 Å². The number of hydrogen-bond acceptors (Lipinski definition) is 5. The number of nitrogens with zero attached hydrogens (tertiary/aromatic N) is 2. The summed E-state index contributed by atoms with van der Waals surface area (Å²) in [5.74, 6) is 0.385. The first-order valence-corrected chi connectivity index (χ1v) is 7.02. The highest BCUT2D eigenvalue weighted by atomic mass is 19.4. The third-order valence-electron chi connectivity index (χ3n) is 3.03. The minimum absolute atomic E-state index is 0.268. The van der Waals surface area contributed by atoms with Crippen molar-refractivity contribution in [3.8, 4) is 11.5 Å². The highest BCUT2D eigenvalue weighted by Gasteiger charge is 2.27. The fourth-order valence-corrected chi connectivity index (χ4v) is 1.94. The van der Waals surface area contributed by atoms with Crippen molar-refractivity contribution in [3.05, 3.63) is 36.2 Å². The fraction of sp³-hybridized carbons (Fsp3) is 0.333. The lowest BCUT2D eigenvalue weighted by Crippen LogP contribution is -2.18. The molecule has 7 nitrogen and oxygen atoms in total. The summed E-state index contributed by atoms with van der Waals surface area (Å²) in [6, 6.07) is 4.69. The van der Waals surface area contributed by atoms with E-state index in [2.05, 4.69) is 15.2 Å². The zero-order valence-electron chi connectivity index (χ0n) is 13.5. The fourth-order valence-electron chi connectivity index (χ4n) is 1.94. The van der Waals surface area contributed by atoms with E-state index < -0.39 is 18.7 Å². The summed E-state index contributed by atoms with van der Waals surface area (Å²) < 4.78 is 51.9. The molecule has 0 aliphatic heterocycles. The van der Waals surface area contributed by atoms with Crippen LogP contribution in [0.2, 0.25) is 0 Å². The first-order chi connectivity index (χ1) is 11.8. The highest BCUT2D eigenvalue weighted by Crippen LogP contribution is 2.25. The molecule has 0 unspecified atom stereocenters. The number of alkyl halides is 3. The average Bonchev–Trinajstić information content (AvgIpc) is 3.00. The van der Waals surface area contributed by atoms with Crippen molar-refractivity contribution >= 4 is 11.6 Å². The summed E-state index contributed by atoms with van der Waals surface area (Å²) in [4.78, 5) is 12.3. The number of ether oxygens (including phenoxy) is 3. The van der Waals surface area contributed by atoms with Gasteiger partial charge in [0, 0.05) is 6.07 Å². The molecule has 0 atom stereocenters. The predicted octanol–water partition coefficient (Wildman–Crippen LogP) is 2.69. The second-order valence-electron chi connectivity index (χ2n) is 4.88. The van der Waals surface area contributed by atoms with Gasteiger partial charge in [0.25, 0.3) is 5.91 Å². The van der Waals surface area contributed by atoms with Crippen LogP contribution in [0.3, 0.4) is 0 Å². The zero-order chi connectivity index (χ0) is 18.4. The maximum absolute atomic E-state index is 12.3. The van der Waals surface area contributed by atoms with Crippen LogP contribution in [0.5, 0.6) is 11.5 Å². The molecular formula is C15H16F3N3O4. The van der Waals surface area contributed by atoms with Gasteiger partial charge < -0.3 is 19.5 Å². The molecule has 2 aromatic rings. The molecule has 136 valence electrons. The maximum atomic E-state index is 12.3. The molecule has 0 saturated carbocycles. The largest absolute Gasteiger partial charge is 0.497 e. The Balaban J connectivity index is 1.99. The zero-order valence-corrected chi connectivity index (χ0v) is 13.5. The molecule has 1 aromatic heterocycles. The number of halogens is 3. The van der Waals surface area contributed by atoms with Gasteiger partial charge in [-0.3, -0.25) is 4.79 Å². The number of carbonyl (C=O) groups excluding carboxylic acids is 1. The van der Waals surface area contributed by atoms with E-state index in [4.69, 9.17) is 9.47 Å². The highest BCUT2D eigenvalue weighted by molar-refractivity contribution is 6.06. The summed E-state index contributed by atoms with van der Waals surface area (Å²) in [7, 11) is 2.91. The maximum Gasteiger partial charge on any atom is 0.411 e. The number of anilines is 1. The Bertz CT molecular complexity index is 731. The predicted molar refractivity (Wildman–Crippen MR) is 81.7 cm³/mol. The molecule has 10 heteroatoms. The van der Waals surface area contributed by atoms with Crippen LogP contribution < -0.4 is 14.8 Å². The van der Waals surface area contributed by atoms with E-state index in [0.717, 1.165) is 4.68 Å². The lowest BCUT2D eigenvalue weighted by atomic mass is 10.1. The number of aromatic nitrogens is 2. The number of amides is 1. The summed E-state index contributed by atoms with van der Waals surface area (Å²) in [5.41, 5.74) is 0.572. The summed E-state index contributed by atoms with van der Waals surface area (Å²) in [5, 5.41) is 6.39. The van der Waals surface area contributed by atoms with Gasteiger partial charge in [0.2, 0.25) is 0 Å². The Labute approximate surface area is 141 Å². The van der Waals surface area contributed by atoms with Crippen LogP contribution in [-0.4, -0.2) is 42.7 Å². The number of carbonyl (C=O) groups is 1. The van der Waals surface area contributed by atoms with Crippen LogP contribution in [0.25, 0.3) is 0 Å². The molecule has 0 aliphatic carbocycles. The number of rotatable bonds is 7. The second-order valence-corrected chi connectivity index (χ2v) is 4.88. The van der Waals surface area contributed by atoms with E-state index in [-0.39, 0.29) is 12.3 Å². The molecule has 0 fully saturated rings. The van der Waals surface area contributed by atoms with Crippen molar-refractivity contribution in [2.75, 3.05) is 26.1 Å². The number of nitrogens with one attached hydrogen (secondary N) is 1. The standard InChI is InChI=1S/C15H16F3N3O4/c1-23-11-3-4-12(13(5-11)24-2)14(22)20-10-6-19-21(7-10)9-25-8-15(16,17)18/h3-7H,8-9H2,1-2H3,(H,20,22). The molecule has 1 heterocycles. The molecule has 0 bridgehead atoms. The van der Waals surface area contributed by atoms with E-state index in [1.807, 2.05) is 0 Å². The average molecular weight is 359 g/mol. The van der Waals surface area contributed by atoms with E-state index in [9.17, 15) is 18.0 Å². The van der Waals surface area contributed by atoms with Crippen LogP contribution in [0, 0.1) is 0 Å². The van der Waals surface area contributed by atoms with Gasteiger partial charge in [-0.25, -0.2) is 4.68 Å². The quantitative estimate of drug-likeness (QED) is 0.823. The van der Waals surface area contributed by atoms with Gasteiger partial charge in [-0.1, -0.05) is 0 Å². The second kappa shape index (κ2) is 7.88. The smallest absolute Gasteiger partial charge is 0.411 e. The lowest BCUT2D eigenvalue weighted by Gasteiger charge is -2.10. The van der Waals surface area contributed by atoms with E-state index in [1.54, 1.807) is 12.1 Å². The van der Waals surface area contributed by atoms with Crippen molar-refractivity contribution in [2.45, 2.75) is 12.9 Å². The van der Waals surface area contributed by atoms with Gasteiger partial charge in [-0.15, -0.1) is 0 Å². The molecule has 1 amide bonds. The van der Waals surface area contributed by atoms with Gasteiger partial charge in [-0.05, 0) is 12.1 Å². The van der Waals surface area contributed by atoms with Crippen molar-refractivity contribution in [1.82, 2.24) is 9.78 Å². The van der Waals surface area contributed by atoms with Crippen LogP contribution >= 0.6 is 0 Å². The van der Waals surface area contributed by atoms with E-state index >= 15 is 0 Å². The normalized spacial score (nSPS) is 11.2. The number of hydrogen-bond donors (Lipinski definition) is 1. The molecule has 1 aromatic carbocycles. The van der Waals surface area contributed by atoms with Crippen LogP contribution in [0.15, 0.2) is 30.6 Å². The molecule has 1 N–H and O–H groups in total. The van der Waals surface area contributed by atoms with Crippen molar-refractivity contribution in [2.24, 2.45) is 0 Å². The Hall–Kier alpha value is -2.75. The molecule has 25 heavy (non-hydrogen) atoms. The van der Waals surface area contributed by atoms with Gasteiger partial charge in [0.15, 0.2) is 0 Å². The SMILES string of the molecule is COc1ccc(C(=O)Nc2cnn(COCC(F)(F)F)c2)c(OC)c1. The molecule has 0 aliphatic rings. The Morgan fingerprint density at radius 3 is 2.68 bits per heavy atom. The number of methoxy groups -OCH3 is 2. The van der Waals surface area contributed by atoms with Gasteiger partial charge in [0.1, 0.15) is 24.8 Å². The van der Waals surface area contributed by atoms with Crippen molar-refractivity contribution in [3.63, 3.8) is 0 Å². The van der Waals surface area contributed by atoms with Gasteiger partial charge in [0.05, 0.1) is 37.9 Å². The Morgan fingerprint density at radius 1 is 1.28 bits per heavy atom. The van der Waals surface area contributed by atoms with Crippen LogP contribution in [-0.2, 0) is 11.5 Å². The molecule has 0 radical (unpaired) electrons. The Kier molecular flexibility index (Phi) is 5.86. The molecule has 0 saturated heterocycles. The molecule has 0 spiro atoms. The first kappa shape index (κ1) is 18.6. The minimum Gasteiger partial charge on any atom is -0.497 e. The van der Waals surface area contributed by atoms with Crippen molar-refractivity contribution < 1.29 is 32.2 Å². The molecular weight excluding hydrogens is 343 g/mol. The summed E-state index contributed by atoms with van der Waals surface area (Å²) >= 11 is 0. The van der Waals surface area contributed by atoms with E-state index in [1.165, 1.54) is 32.7 Å². The van der Waals surface area contributed by atoms with Gasteiger partial charge in [-0.2, -0.15) is 18.3 Å².